The molecule has 0 amide bonds. The van der Waals surface area contributed by atoms with Crippen LogP contribution in [0.25, 0.3) is 0 Å². The number of rotatable bonds is 8. The molecular weight excluding hydrogens is 234 g/mol. The number of aryl methyl sites for hydroxylation is 1. The van der Waals surface area contributed by atoms with Crippen molar-refractivity contribution in [3.8, 4) is 5.75 Å². The molecule has 1 rings (SSSR count). The Morgan fingerprint density at radius 1 is 1.11 bits per heavy atom. The van der Waals surface area contributed by atoms with Gasteiger partial charge >= 0.3 is 0 Å². The highest BCUT2D eigenvalue weighted by Crippen LogP contribution is 2.11. The van der Waals surface area contributed by atoms with E-state index in [1.54, 1.807) is 0 Å². The van der Waals surface area contributed by atoms with Crippen molar-refractivity contribution in [2.24, 2.45) is 0 Å². The molecule has 0 aromatic heterocycles. The number of aliphatic hydroxyl groups excluding tert-OH is 3. The largest absolute Gasteiger partial charge is 0.491 e. The monoisotopic (exact) mass is 255 g/mol. The Hall–Kier alpha value is -1.14. The van der Waals surface area contributed by atoms with Crippen LogP contribution in [0.1, 0.15) is 5.56 Å². The molecule has 0 aliphatic carbocycles. The van der Waals surface area contributed by atoms with Crippen molar-refractivity contribution in [3.63, 3.8) is 0 Å². The van der Waals surface area contributed by atoms with E-state index in [4.69, 9.17) is 14.9 Å². The first-order valence-corrected chi connectivity index (χ1v) is 5.99. The average Bonchev–Trinajstić information content (AvgIpc) is 2.38. The van der Waals surface area contributed by atoms with Crippen LogP contribution in [0, 0.1) is 6.92 Å². The third-order valence-electron chi connectivity index (χ3n) is 2.43. The van der Waals surface area contributed by atoms with Crippen LogP contribution in [0.5, 0.6) is 5.75 Å². The second kappa shape index (κ2) is 8.05. The van der Waals surface area contributed by atoms with E-state index in [0.29, 0.717) is 6.54 Å². The molecule has 0 radical (unpaired) electrons. The lowest BCUT2D eigenvalue weighted by Crippen LogP contribution is -2.37. The summed E-state index contributed by atoms with van der Waals surface area (Å²) in [6.45, 7) is 2.45. The first-order valence-electron chi connectivity index (χ1n) is 5.99. The number of aliphatic hydroxyl groups is 3. The third kappa shape index (κ3) is 5.97. The molecule has 1 aromatic rings. The summed E-state index contributed by atoms with van der Waals surface area (Å²) < 4.78 is 5.40. The molecule has 2 atom stereocenters. The van der Waals surface area contributed by atoms with Crippen LogP contribution in [-0.4, -0.2) is 53.8 Å². The van der Waals surface area contributed by atoms with Crippen LogP contribution < -0.4 is 10.1 Å². The Bertz CT molecular complexity index is 328. The summed E-state index contributed by atoms with van der Waals surface area (Å²) in [7, 11) is 0. The van der Waals surface area contributed by atoms with Crippen LogP contribution in [0.15, 0.2) is 24.3 Å². The third-order valence-corrected chi connectivity index (χ3v) is 2.43. The lowest BCUT2D eigenvalue weighted by atomic mass is 10.2. The van der Waals surface area contributed by atoms with Gasteiger partial charge in [0.15, 0.2) is 0 Å². The summed E-state index contributed by atoms with van der Waals surface area (Å²) in [5.74, 6) is 0.718. The molecule has 0 aliphatic rings. The van der Waals surface area contributed by atoms with E-state index in [-0.39, 0.29) is 19.8 Å². The zero-order valence-corrected chi connectivity index (χ0v) is 10.5. The fourth-order valence-corrected chi connectivity index (χ4v) is 1.37. The highest BCUT2D eigenvalue weighted by Gasteiger charge is 2.07. The van der Waals surface area contributed by atoms with E-state index >= 15 is 0 Å². The average molecular weight is 255 g/mol. The second-order valence-electron chi connectivity index (χ2n) is 4.27. The summed E-state index contributed by atoms with van der Waals surface area (Å²) in [5, 5.41) is 30.1. The van der Waals surface area contributed by atoms with Gasteiger partial charge in [0.25, 0.3) is 0 Å². The van der Waals surface area contributed by atoms with Crippen molar-refractivity contribution in [1.82, 2.24) is 5.32 Å². The molecule has 18 heavy (non-hydrogen) atoms. The van der Waals surface area contributed by atoms with Crippen LogP contribution in [0.3, 0.4) is 0 Å². The highest BCUT2D eigenvalue weighted by atomic mass is 16.5. The molecule has 0 heterocycles. The van der Waals surface area contributed by atoms with E-state index in [1.165, 1.54) is 0 Å². The molecule has 5 heteroatoms. The predicted molar refractivity (Wildman–Crippen MR) is 68.6 cm³/mol. The lowest BCUT2D eigenvalue weighted by Gasteiger charge is -2.14. The number of hydrogen-bond donors (Lipinski definition) is 4. The number of ether oxygens (including phenoxy) is 1. The van der Waals surface area contributed by atoms with Crippen LogP contribution in [-0.2, 0) is 0 Å². The maximum Gasteiger partial charge on any atom is 0.119 e. The summed E-state index contributed by atoms with van der Waals surface area (Å²) in [6, 6.07) is 7.59. The number of benzene rings is 1. The standard InChI is InChI=1S/C13H21NO4/c1-10-2-4-13(5-3-10)18-9-12(17)7-14-6-11(16)8-15/h2-5,11-12,14-17H,6-9H2,1H3. The normalized spacial score (nSPS) is 14.2. The highest BCUT2D eigenvalue weighted by molar-refractivity contribution is 5.26. The van der Waals surface area contributed by atoms with Crippen molar-refractivity contribution in [3.05, 3.63) is 29.8 Å². The first kappa shape index (κ1) is 14.9. The van der Waals surface area contributed by atoms with Gasteiger partial charge in [0.05, 0.1) is 12.7 Å². The molecular formula is C13H21NO4. The predicted octanol–water partition coefficient (Wildman–Crippen LogP) is -0.322. The SMILES string of the molecule is Cc1ccc(OCC(O)CNCC(O)CO)cc1. The Labute approximate surface area is 107 Å². The molecule has 4 N–H and O–H groups in total. The molecule has 0 saturated heterocycles. The van der Waals surface area contributed by atoms with Crippen molar-refractivity contribution >= 4 is 0 Å². The molecule has 0 fully saturated rings. The van der Waals surface area contributed by atoms with Crippen LogP contribution in [0.4, 0.5) is 0 Å². The quantitative estimate of drug-likeness (QED) is 0.512. The minimum Gasteiger partial charge on any atom is -0.491 e. The van der Waals surface area contributed by atoms with Crippen molar-refractivity contribution in [1.29, 1.82) is 0 Å². The Morgan fingerprint density at radius 2 is 1.72 bits per heavy atom. The summed E-state index contributed by atoms with van der Waals surface area (Å²) in [4.78, 5) is 0. The maximum atomic E-state index is 9.62. The van der Waals surface area contributed by atoms with Crippen LogP contribution in [0.2, 0.25) is 0 Å². The van der Waals surface area contributed by atoms with Gasteiger partial charge in [0.1, 0.15) is 18.5 Å². The molecule has 2 unspecified atom stereocenters. The molecule has 0 bridgehead atoms. The van der Waals surface area contributed by atoms with Gasteiger partial charge in [-0.05, 0) is 19.1 Å². The number of hydrogen-bond acceptors (Lipinski definition) is 5. The van der Waals surface area contributed by atoms with E-state index in [2.05, 4.69) is 5.32 Å². The maximum absolute atomic E-state index is 9.62. The zero-order chi connectivity index (χ0) is 13.4. The summed E-state index contributed by atoms with van der Waals surface area (Å²) >= 11 is 0. The van der Waals surface area contributed by atoms with E-state index < -0.39 is 12.2 Å². The lowest BCUT2D eigenvalue weighted by molar-refractivity contribution is 0.0795. The summed E-state index contributed by atoms with van der Waals surface area (Å²) in [6.07, 6.45) is -1.45. The molecule has 0 spiro atoms. The zero-order valence-electron chi connectivity index (χ0n) is 10.5. The molecule has 102 valence electrons. The van der Waals surface area contributed by atoms with Crippen LogP contribution >= 0.6 is 0 Å². The topological polar surface area (TPSA) is 82.0 Å². The van der Waals surface area contributed by atoms with Crippen molar-refractivity contribution < 1.29 is 20.1 Å². The minimum atomic E-state index is -0.796. The fraction of sp³-hybridized carbons (Fsp3) is 0.538. The Morgan fingerprint density at radius 3 is 2.33 bits per heavy atom. The Kier molecular flexibility index (Phi) is 6.67. The summed E-state index contributed by atoms with van der Waals surface area (Å²) in [5.41, 5.74) is 1.16. The second-order valence-corrected chi connectivity index (χ2v) is 4.27. The number of nitrogens with one attached hydrogen (secondary N) is 1. The van der Waals surface area contributed by atoms with E-state index in [1.807, 2.05) is 31.2 Å². The minimum absolute atomic E-state index is 0.186. The fourth-order valence-electron chi connectivity index (χ4n) is 1.37. The van der Waals surface area contributed by atoms with Gasteiger partial charge in [-0.1, -0.05) is 17.7 Å². The molecule has 1 aromatic carbocycles. The molecule has 0 saturated carbocycles. The van der Waals surface area contributed by atoms with Crippen molar-refractivity contribution in [2.45, 2.75) is 19.1 Å². The van der Waals surface area contributed by atoms with Gasteiger partial charge in [-0.15, -0.1) is 0 Å². The van der Waals surface area contributed by atoms with Crippen molar-refractivity contribution in [2.75, 3.05) is 26.3 Å². The van der Waals surface area contributed by atoms with Gasteiger partial charge < -0.3 is 25.4 Å². The Balaban J connectivity index is 2.16. The van der Waals surface area contributed by atoms with E-state index in [9.17, 15) is 5.11 Å². The van der Waals surface area contributed by atoms with Gasteiger partial charge in [-0.25, -0.2) is 0 Å². The van der Waals surface area contributed by atoms with Gasteiger partial charge in [0.2, 0.25) is 0 Å². The van der Waals surface area contributed by atoms with Gasteiger partial charge in [-0.3, -0.25) is 0 Å². The van der Waals surface area contributed by atoms with Gasteiger partial charge in [0, 0.05) is 13.1 Å². The first-order chi connectivity index (χ1) is 8.61. The molecule has 5 nitrogen and oxygen atoms in total. The smallest absolute Gasteiger partial charge is 0.119 e. The van der Waals surface area contributed by atoms with E-state index in [0.717, 1.165) is 11.3 Å². The van der Waals surface area contributed by atoms with Gasteiger partial charge in [-0.2, -0.15) is 0 Å². The molecule has 0 aliphatic heterocycles.